The van der Waals surface area contributed by atoms with Crippen molar-refractivity contribution < 1.29 is 19.5 Å². The highest BCUT2D eigenvalue weighted by atomic mass is 16.3. The van der Waals surface area contributed by atoms with Crippen molar-refractivity contribution >= 4 is 29.1 Å². The van der Waals surface area contributed by atoms with Crippen LogP contribution in [0.1, 0.15) is 25.1 Å². The number of rotatable bonds is 6. The maximum atomic E-state index is 11.9. The molecule has 0 aliphatic carbocycles. The van der Waals surface area contributed by atoms with Crippen LogP contribution in [0.5, 0.6) is 0 Å². The Bertz CT molecular complexity index is 783. The maximum Gasteiger partial charge on any atom is 0.313 e. The lowest BCUT2D eigenvalue weighted by molar-refractivity contribution is -0.136. The molecular weight excluding hydrogens is 336 g/mol. The Balaban J connectivity index is 1.77. The number of anilines is 2. The van der Waals surface area contributed by atoms with E-state index < -0.39 is 17.9 Å². The van der Waals surface area contributed by atoms with Crippen molar-refractivity contribution in [2.45, 2.75) is 19.4 Å². The highest BCUT2D eigenvalue weighted by molar-refractivity contribution is 6.39. The molecule has 0 saturated carbocycles. The molecule has 8 nitrogen and oxygen atoms in total. The van der Waals surface area contributed by atoms with Crippen LogP contribution in [0.3, 0.4) is 0 Å². The van der Waals surface area contributed by atoms with Crippen LogP contribution in [0.2, 0.25) is 0 Å². The number of carbonyl (C=O) groups is 3. The first-order valence-electron chi connectivity index (χ1n) is 8.13. The van der Waals surface area contributed by atoms with E-state index in [1.54, 1.807) is 34.9 Å². The fourth-order valence-electron chi connectivity index (χ4n) is 2.40. The first-order valence-corrected chi connectivity index (χ1v) is 8.13. The minimum atomic E-state index is -0.800. The molecular formula is C18H22N4O4. The Morgan fingerprint density at radius 2 is 1.65 bits per heavy atom. The van der Waals surface area contributed by atoms with Crippen LogP contribution in [0.4, 0.5) is 11.4 Å². The molecule has 0 aliphatic rings. The van der Waals surface area contributed by atoms with E-state index >= 15 is 0 Å². The molecule has 0 fully saturated rings. The van der Waals surface area contributed by atoms with Gasteiger partial charge in [-0.05, 0) is 42.8 Å². The van der Waals surface area contributed by atoms with Crippen molar-refractivity contribution in [2.75, 3.05) is 17.2 Å². The summed E-state index contributed by atoms with van der Waals surface area (Å²) in [5.74, 6) is -1.78. The van der Waals surface area contributed by atoms with E-state index in [0.717, 1.165) is 5.69 Å². The predicted molar refractivity (Wildman–Crippen MR) is 97.4 cm³/mol. The van der Waals surface area contributed by atoms with Crippen LogP contribution in [0, 0.1) is 0 Å². The first-order chi connectivity index (χ1) is 12.4. The molecule has 2 aromatic rings. The topological polar surface area (TPSA) is 112 Å². The summed E-state index contributed by atoms with van der Waals surface area (Å²) in [6.07, 6.45) is 1.39. The van der Waals surface area contributed by atoms with E-state index in [-0.39, 0.29) is 12.5 Å². The second-order valence-electron chi connectivity index (χ2n) is 5.82. The highest BCUT2D eigenvalue weighted by Crippen LogP contribution is 2.15. The Kier molecular flexibility index (Phi) is 6.51. The van der Waals surface area contributed by atoms with Gasteiger partial charge in [-0.2, -0.15) is 0 Å². The summed E-state index contributed by atoms with van der Waals surface area (Å²) in [6.45, 7) is 1.56. The molecule has 8 heteroatoms. The van der Waals surface area contributed by atoms with Gasteiger partial charge in [-0.1, -0.05) is 0 Å². The molecule has 1 aromatic carbocycles. The van der Waals surface area contributed by atoms with Gasteiger partial charge in [0, 0.05) is 43.8 Å². The second-order valence-corrected chi connectivity index (χ2v) is 5.82. The average Bonchev–Trinajstić information content (AvgIpc) is 3.02. The number of aliphatic hydroxyl groups is 1. The lowest BCUT2D eigenvalue weighted by atomic mass is 10.2. The highest BCUT2D eigenvalue weighted by Gasteiger charge is 2.15. The molecule has 3 amide bonds. The monoisotopic (exact) mass is 358 g/mol. The van der Waals surface area contributed by atoms with Crippen molar-refractivity contribution in [3.8, 4) is 0 Å². The van der Waals surface area contributed by atoms with Gasteiger partial charge >= 0.3 is 11.8 Å². The van der Waals surface area contributed by atoms with Gasteiger partial charge in [-0.15, -0.1) is 0 Å². The third-order valence-electron chi connectivity index (χ3n) is 3.70. The third-order valence-corrected chi connectivity index (χ3v) is 3.70. The van der Waals surface area contributed by atoms with E-state index in [0.29, 0.717) is 17.8 Å². The summed E-state index contributed by atoms with van der Waals surface area (Å²) in [5.41, 5.74) is 1.76. The number of aliphatic hydroxyl groups excluding tert-OH is 1. The molecule has 1 heterocycles. The van der Waals surface area contributed by atoms with Crippen molar-refractivity contribution in [3.63, 3.8) is 0 Å². The summed E-state index contributed by atoms with van der Waals surface area (Å²) in [6, 6.07) is 10.0. The molecule has 2 rings (SSSR count). The molecule has 1 unspecified atom stereocenters. The molecule has 0 saturated heterocycles. The zero-order chi connectivity index (χ0) is 19.1. The van der Waals surface area contributed by atoms with Crippen LogP contribution in [0.25, 0.3) is 0 Å². The molecule has 4 N–H and O–H groups in total. The fourth-order valence-corrected chi connectivity index (χ4v) is 2.40. The van der Waals surface area contributed by atoms with Gasteiger partial charge in [0.1, 0.15) is 0 Å². The summed E-state index contributed by atoms with van der Waals surface area (Å²) >= 11 is 0. The van der Waals surface area contributed by atoms with Gasteiger partial charge in [0.15, 0.2) is 0 Å². The normalized spacial score (nSPS) is 11.5. The summed E-state index contributed by atoms with van der Waals surface area (Å²) in [7, 11) is 1.82. The Morgan fingerprint density at radius 1 is 1.04 bits per heavy atom. The second kappa shape index (κ2) is 8.82. The average molecular weight is 358 g/mol. The number of aryl methyl sites for hydroxylation is 1. The van der Waals surface area contributed by atoms with Crippen molar-refractivity contribution in [3.05, 3.63) is 48.3 Å². The van der Waals surface area contributed by atoms with Gasteiger partial charge < -0.3 is 25.6 Å². The SMILES string of the molecule is CC(=O)Nc1ccc(NC(=O)C(=O)NCCC(O)c2cccn2C)cc1. The lowest BCUT2D eigenvalue weighted by Crippen LogP contribution is -2.36. The molecule has 0 spiro atoms. The zero-order valence-corrected chi connectivity index (χ0v) is 14.7. The molecule has 1 aromatic heterocycles. The third kappa shape index (κ3) is 5.45. The van der Waals surface area contributed by atoms with Crippen LogP contribution in [0.15, 0.2) is 42.6 Å². The number of nitrogens with zero attached hydrogens (tertiary/aromatic N) is 1. The van der Waals surface area contributed by atoms with E-state index in [4.69, 9.17) is 0 Å². The number of carbonyl (C=O) groups excluding carboxylic acids is 3. The molecule has 1 atom stereocenters. The molecule has 138 valence electrons. The number of hydrogen-bond acceptors (Lipinski definition) is 4. The summed E-state index contributed by atoms with van der Waals surface area (Å²) in [5, 5.41) is 17.6. The molecule has 0 aliphatic heterocycles. The van der Waals surface area contributed by atoms with Gasteiger partial charge in [0.25, 0.3) is 0 Å². The standard InChI is InChI=1S/C18H22N4O4/c1-12(23)20-13-5-7-14(8-6-13)21-18(26)17(25)19-10-9-16(24)15-4-3-11-22(15)2/h3-8,11,16,24H,9-10H2,1-2H3,(H,19,25)(H,20,23)(H,21,26). The van der Waals surface area contributed by atoms with Crippen molar-refractivity contribution in [1.82, 2.24) is 9.88 Å². The maximum absolute atomic E-state index is 11.9. The van der Waals surface area contributed by atoms with E-state index in [9.17, 15) is 19.5 Å². The fraction of sp³-hybridized carbons (Fsp3) is 0.278. The van der Waals surface area contributed by atoms with Gasteiger partial charge in [-0.3, -0.25) is 14.4 Å². The van der Waals surface area contributed by atoms with E-state index in [1.807, 2.05) is 19.3 Å². The first kappa shape index (κ1) is 19.2. The smallest absolute Gasteiger partial charge is 0.313 e. The van der Waals surface area contributed by atoms with Gasteiger partial charge in [0.2, 0.25) is 5.91 Å². The number of hydrogen-bond donors (Lipinski definition) is 4. The number of aromatic nitrogens is 1. The largest absolute Gasteiger partial charge is 0.387 e. The van der Waals surface area contributed by atoms with Gasteiger partial charge in [0.05, 0.1) is 6.10 Å². The molecule has 0 radical (unpaired) electrons. The Labute approximate surface area is 151 Å². The van der Waals surface area contributed by atoms with Crippen LogP contribution < -0.4 is 16.0 Å². The van der Waals surface area contributed by atoms with Crippen LogP contribution in [-0.4, -0.2) is 33.9 Å². The minimum Gasteiger partial charge on any atom is -0.387 e. The van der Waals surface area contributed by atoms with Crippen LogP contribution in [-0.2, 0) is 21.4 Å². The van der Waals surface area contributed by atoms with E-state index in [1.165, 1.54) is 6.92 Å². The Morgan fingerprint density at radius 3 is 2.19 bits per heavy atom. The summed E-state index contributed by atoms with van der Waals surface area (Å²) < 4.78 is 1.80. The van der Waals surface area contributed by atoms with Crippen molar-refractivity contribution in [1.29, 1.82) is 0 Å². The number of amides is 3. The molecule has 0 bridgehead atoms. The Hall–Kier alpha value is -3.13. The van der Waals surface area contributed by atoms with Crippen LogP contribution >= 0.6 is 0 Å². The lowest BCUT2D eigenvalue weighted by Gasteiger charge is -2.12. The molecule has 26 heavy (non-hydrogen) atoms. The van der Waals surface area contributed by atoms with Gasteiger partial charge in [-0.25, -0.2) is 0 Å². The number of benzene rings is 1. The minimum absolute atomic E-state index is 0.167. The zero-order valence-electron chi connectivity index (χ0n) is 14.7. The quantitative estimate of drug-likeness (QED) is 0.581. The van der Waals surface area contributed by atoms with Crippen molar-refractivity contribution in [2.24, 2.45) is 7.05 Å². The number of nitrogens with one attached hydrogen (secondary N) is 3. The van der Waals surface area contributed by atoms with E-state index in [2.05, 4.69) is 16.0 Å². The summed E-state index contributed by atoms with van der Waals surface area (Å²) in [4.78, 5) is 34.7. The predicted octanol–water partition coefficient (Wildman–Crippen LogP) is 1.16.